The summed E-state index contributed by atoms with van der Waals surface area (Å²) in [5.41, 5.74) is -0.238. The number of carbonyl (C=O) groups is 3. The SMILES string of the molecule is CCOC(=O)C([SiH3])=C(C(=O)OCC)C(C=O)(OCC)OCC. The number of hydrogen-bond acceptors (Lipinski definition) is 7. The van der Waals surface area contributed by atoms with Crippen molar-refractivity contribution in [3.05, 3.63) is 10.8 Å². The molecule has 0 amide bonds. The van der Waals surface area contributed by atoms with E-state index < -0.39 is 17.7 Å². The molecule has 0 N–H and O–H groups in total. The van der Waals surface area contributed by atoms with Gasteiger partial charge in [0, 0.05) is 28.7 Å². The van der Waals surface area contributed by atoms with Crippen LogP contribution in [0.3, 0.4) is 0 Å². The summed E-state index contributed by atoms with van der Waals surface area (Å²) in [7, 11) is 0.160. The molecule has 22 heavy (non-hydrogen) atoms. The Morgan fingerprint density at radius 2 is 1.36 bits per heavy atom. The van der Waals surface area contributed by atoms with Crippen LogP contribution in [0.15, 0.2) is 10.8 Å². The summed E-state index contributed by atoms with van der Waals surface area (Å²) >= 11 is 0. The van der Waals surface area contributed by atoms with Crippen molar-refractivity contribution in [3.63, 3.8) is 0 Å². The van der Waals surface area contributed by atoms with Gasteiger partial charge >= 0.3 is 11.9 Å². The van der Waals surface area contributed by atoms with E-state index in [0.29, 0.717) is 6.29 Å². The van der Waals surface area contributed by atoms with Gasteiger partial charge in [-0.3, -0.25) is 4.79 Å². The first-order valence-electron chi connectivity index (χ1n) is 7.23. The molecule has 0 aliphatic heterocycles. The zero-order valence-electron chi connectivity index (χ0n) is 13.8. The van der Waals surface area contributed by atoms with Gasteiger partial charge in [0.05, 0.1) is 13.2 Å². The average molecular weight is 332 g/mol. The molecule has 0 aliphatic rings. The molecule has 0 atom stereocenters. The Morgan fingerprint density at radius 3 is 1.73 bits per heavy atom. The van der Waals surface area contributed by atoms with Gasteiger partial charge in [-0.15, -0.1) is 0 Å². The van der Waals surface area contributed by atoms with Gasteiger partial charge in [-0.25, -0.2) is 9.59 Å². The molecule has 0 saturated carbocycles. The van der Waals surface area contributed by atoms with Crippen molar-refractivity contribution < 1.29 is 33.3 Å². The van der Waals surface area contributed by atoms with E-state index in [1.807, 2.05) is 0 Å². The fourth-order valence-electron chi connectivity index (χ4n) is 1.84. The number of rotatable bonds is 10. The second-order valence-electron chi connectivity index (χ2n) is 4.09. The van der Waals surface area contributed by atoms with Gasteiger partial charge in [0.15, 0.2) is 6.29 Å². The Labute approximate surface area is 133 Å². The van der Waals surface area contributed by atoms with Crippen LogP contribution >= 0.6 is 0 Å². The van der Waals surface area contributed by atoms with Gasteiger partial charge in [-0.2, -0.15) is 0 Å². The van der Waals surface area contributed by atoms with Gasteiger partial charge in [0.25, 0.3) is 5.79 Å². The Morgan fingerprint density at radius 1 is 0.909 bits per heavy atom. The van der Waals surface area contributed by atoms with Gasteiger partial charge < -0.3 is 18.9 Å². The molecular formula is C14H24O7Si. The summed E-state index contributed by atoms with van der Waals surface area (Å²) in [5, 5.41) is 0.0503. The van der Waals surface area contributed by atoms with E-state index in [0.717, 1.165) is 0 Å². The summed E-state index contributed by atoms with van der Waals surface area (Å²) in [6.45, 7) is 7.03. The summed E-state index contributed by atoms with van der Waals surface area (Å²) in [6, 6.07) is 0. The molecule has 126 valence electrons. The van der Waals surface area contributed by atoms with Crippen LogP contribution in [0.5, 0.6) is 0 Å². The van der Waals surface area contributed by atoms with Crippen LogP contribution in [-0.2, 0) is 33.3 Å². The highest BCUT2D eigenvalue weighted by molar-refractivity contribution is 6.38. The first kappa shape index (κ1) is 20.5. The Kier molecular flexibility index (Phi) is 9.55. The van der Waals surface area contributed by atoms with E-state index in [4.69, 9.17) is 18.9 Å². The van der Waals surface area contributed by atoms with Crippen molar-refractivity contribution in [2.24, 2.45) is 0 Å². The molecule has 8 heteroatoms. The molecule has 0 spiro atoms. The first-order chi connectivity index (χ1) is 10.4. The largest absolute Gasteiger partial charge is 0.463 e. The van der Waals surface area contributed by atoms with Gasteiger partial charge in [0.1, 0.15) is 5.57 Å². The molecule has 0 aromatic heterocycles. The minimum absolute atomic E-state index is 0.0503. The smallest absolute Gasteiger partial charge is 0.340 e. The van der Waals surface area contributed by atoms with Crippen LogP contribution in [0.4, 0.5) is 0 Å². The number of esters is 2. The van der Waals surface area contributed by atoms with Crippen LogP contribution in [0.1, 0.15) is 27.7 Å². The normalized spacial score (nSPS) is 12.5. The maximum absolute atomic E-state index is 12.3. The Bertz CT molecular complexity index is 425. The highest BCUT2D eigenvalue weighted by Crippen LogP contribution is 2.26. The van der Waals surface area contributed by atoms with Gasteiger partial charge in [-0.05, 0) is 27.7 Å². The highest BCUT2D eigenvalue weighted by Gasteiger charge is 2.44. The number of carbonyl (C=O) groups excluding carboxylic acids is 3. The van der Waals surface area contributed by atoms with Crippen molar-refractivity contribution in [3.8, 4) is 0 Å². The minimum atomic E-state index is -1.96. The van der Waals surface area contributed by atoms with Crippen LogP contribution in [0.2, 0.25) is 0 Å². The monoisotopic (exact) mass is 332 g/mol. The highest BCUT2D eigenvalue weighted by atomic mass is 28.1. The lowest BCUT2D eigenvalue weighted by molar-refractivity contribution is -0.201. The average Bonchev–Trinajstić information content (AvgIpc) is 2.48. The molecule has 0 fully saturated rings. The lowest BCUT2D eigenvalue weighted by Crippen LogP contribution is -2.45. The lowest BCUT2D eigenvalue weighted by Gasteiger charge is -2.30. The molecule has 0 saturated heterocycles. The standard InChI is InChI=1S/C14H24O7Si/c1-5-18-12(16)10(11(22)13(17)19-6-2)14(9-15,20-7-3)21-8-4/h9H,5-8H2,1-4,22H3. The Hall–Kier alpha value is -1.51. The quantitative estimate of drug-likeness (QED) is 0.178. The van der Waals surface area contributed by atoms with Crippen molar-refractivity contribution >= 4 is 28.5 Å². The maximum Gasteiger partial charge on any atom is 0.340 e. The summed E-state index contributed by atoms with van der Waals surface area (Å²) in [6.07, 6.45) is 0.364. The zero-order chi connectivity index (χ0) is 17.2. The lowest BCUT2D eigenvalue weighted by atomic mass is 10.1. The molecule has 0 rings (SSSR count). The maximum atomic E-state index is 12.3. The van der Waals surface area contributed by atoms with E-state index in [-0.39, 0.29) is 47.4 Å². The molecule has 0 aromatic carbocycles. The van der Waals surface area contributed by atoms with Crippen LogP contribution in [0.25, 0.3) is 0 Å². The van der Waals surface area contributed by atoms with E-state index in [9.17, 15) is 14.4 Å². The predicted octanol–water partition coefficient (Wildman–Crippen LogP) is -0.300. The van der Waals surface area contributed by atoms with Crippen molar-refractivity contribution in [1.82, 2.24) is 0 Å². The number of aldehydes is 1. The van der Waals surface area contributed by atoms with E-state index in [1.165, 1.54) is 0 Å². The fourth-order valence-corrected chi connectivity index (χ4v) is 2.54. The Balaban J connectivity index is 6.10. The third kappa shape index (κ3) is 5.04. The molecular weight excluding hydrogens is 308 g/mol. The molecule has 7 nitrogen and oxygen atoms in total. The van der Waals surface area contributed by atoms with E-state index in [1.54, 1.807) is 27.7 Å². The molecule has 0 bridgehead atoms. The van der Waals surface area contributed by atoms with E-state index in [2.05, 4.69) is 0 Å². The third-order valence-electron chi connectivity index (χ3n) is 2.66. The van der Waals surface area contributed by atoms with Gasteiger partial charge in [-0.1, -0.05) is 0 Å². The molecule has 0 aromatic rings. The van der Waals surface area contributed by atoms with Crippen LogP contribution < -0.4 is 0 Å². The summed E-state index contributed by atoms with van der Waals surface area (Å²) in [5.74, 6) is -3.46. The molecule has 0 unspecified atom stereocenters. The van der Waals surface area contributed by atoms with Crippen LogP contribution in [0, 0.1) is 0 Å². The second kappa shape index (κ2) is 10.3. The van der Waals surface area contributed by atoms with Crippen molar-refractivity contribution in [2.75, 3.05) is 26.4 Å². The molecule has 0 heterocycles. The zero-order valence-corrected chi connectivity index (χ0v) is 15.8. The number of hydrogen-bond donors (Lipinski definition) is 0. The van der Waals surface area contributed by atoms with Gasteiger partial charge in [0.2, 0.25) is 0 Å². The van der Waals surface area contributed by atoms with Crippen LogP contribution in [-0.4, -0.2) is 60.7 Å². The number of ether oxygens (including phenoxy) is 4. The summed E-state index contributed by atoms with van der Waals surface area (Å²) < 4.78 is 20.6. The first-order valence-corrected chi connectivity index (χ1v) is 8.23. The predicted molar refractivity (Wildman–Crippen MR) is 82.3 cm³/mol. The van der Waals surface area contributed by atoms with Crippen molar-refractivity contribution in [1.29, 1.82) is 0 Å². The summed E-state index contributed by atoms with van der Waals surface area (Å²) in [4.78, 5) is 35.9. The van der Waals surface area contributed by atoms with E-state index >= 15 is 0 Å². The van der Waals surface area contributed by atoms with Crippen molar-refractivity contribution in [2.45, 2.75) is 33.5 Å². The fraction of sp³-hybridized carbons (Fsp3) is 0.643. The molecule has 0 aliphatic carbocycles. The third-order valence-corrected chi connectivity index (χ3v) is 3.57. The minimum Gasteiger partial charge on any atom is -0.463 e. The second-order valence-corrected chi connectivity index (χ2v) is 5.09. The molecule has 0 radical (unpaired) electrons. The topological polar surface area (TPSA) is 88.1 Å².